The normalized spacial score (nSPS) is 13.4. The van der Waals surface area contributed by atoms with Crippen molar-refractivity contribution in [2.24, 2.45) is 10.7 Å². The third-order valence-corrected chi connectivity index (χ3v) is 8.75. The fraction of sp³-hybridized carbons (Fsp3) is 0.182. The summed E-state index contributed by atoms with van der Waals surface area (Å²) in [6.07, 6.45) is -0.591. The highest BCUT2D eigenvalue weighted by atomic mass is 32.2. The van der Waals surface area contributed by atoms with E-state index in [1.54, 1.807) is 12.1 Å². The second kappa shape index (κ2) is 13.4. The van der Waals surface area contributed by atoms with Crippen molar-refractivity contribution in [3.8, 4) is 22.3 Å². The fourth-order valence-corrected chi connectivity index (χ4v) is 6.17. The number of guanidine groups is 1. The van der Waals surface area contributed by atoms with Crippen molar-refractivity contribution < 1.29 is 27.9 Å². The largest absolute Gasteiger partial charge is 0.480 e. The number of alkyl carbamates (subject to hydrolysis) is 1. The van der Waals surface area contributed by atoms with Crippen molar-refractivity contribution in [2.75, 3.05) is 13.2 Å². The van der Waals surface area contributed by atoms with Crippen molar-refractivity contribution in [1.82, 2.24) is 10.0 Å². The van der Waals surface area contributed by atoms with Gasteiger partial charge < -0.3 is 20.9 Å². The van der Waals surface area contributed by atoms with Crippen LogP contribution in [0, 0.1) is 0 Å². The lowest BCUT2D eigenvalue weighted by atomic mass is 9.98. The lowest BCUT2D eigenvalue weighted by Gasteiger charge is -2.17. The average Bonchev–Trinajstić information content (AvgIpc) is 3.35. The number of carbonyl (C=O) groups excluding carboxylic acids is 1. The minimum atomic E-state index is -3.97. The van der Waals surface area contributed by atoms with Crippen LogP contribution in [-0.2, 0) is 19.6 Å². The summed E-state index contributed by atoms with van der Waals surface area (Å²) in [6, 6.07) is 30.5. The van der Waals surface area contributed by atoms with Gasteiger partial charge in [0, 0.05) is 12.5 Å². The van der Waals surface area contributed by atoms with E-state index in [-0.39, 0.29) is 42.8 Å². The first-order valence-corrected chi connectivity index (χ1v) is 15.5. The first kappa shape index (κ1) is 30.3. The standard InChI is InChI=1S/C33H32N4O6S/c34-32(37-44(41,42)24-18-16-23(17-19-24)22-9-2-1-3-10-22)35-20-8-15-30(31(38)39)36-33(40)43-21-29-27-13-6-4-11-25(27)26-12-5-7-14-28(26)29/h1-7,9-14,16-19,29-30H,8,15,20-21H2,(H,36,40)(H,38,39)(H3,34,35,37)/t30-/m0/s1. The summed E-state index contributed by atoms with van der Waals surface area (Å²) in [5.41, 5.74) is 11.9. The maximum absolute atomic E-state index is 12.7. The topological polar surface area (TPSA) is 160 Å². The van der Waals surface area contributed by atoms with Crippen LogP contribution in [0.15, 0.2) is 113 Å². The third-order valence-electron chi connectivity index (χ3n) is 7.38. The van der Waals surface area contributed by atoms with Crippen molar-refractivity contribution in [1.29, 1.82) is 0 Å². The van der Waals surface area contributed by atoms with E-state index in [4.69, 9.17) is 10.5 Å². The van der Waals surface area contributed by atoms with E-state index < -0.39 is 28.1 Å². The first-order valence-electron chi connectivity index (χ1n) is 14.1. The van der Waals surface area contributed by atoms with Crippen molar-refractivity contribution in [2.45, 2.75) is 29.7 Å². The average molecular weight is 613 g/mol. The molecule has 0 unspecified atom stereocenters. The predicted octanol–water partition coefficient (Wildman–Crippen LogP) is 4.72. The molecule has 4 aromatic carbocycles. The minimum Gasteiger partial charge on any atom is -0.480 e. The molecule has 1 amide bonds. The molecule has 5 N–H and O–H groups in total. The summed E-state index contributed by atoms with van der Waals surface area (Å²) >= 11 is 0. The van der Waals surface area contributed by atoms with Gasteiger partial charge >= 0.3 is 12.1 Å². The Kier molecular flexibility index (Phi) is 9.25. The van der Waals surface area contributed by atoms with Gasteiger partial charge in [-0.15, -0.1) is 0 Å². The number of aliphatic imine (C=N–C) groups is 1. The van der Waals surface area contributed by atoms with Crippen LogP contribution in [0.2, 0.25) is 0 Å². The summed E-state index contributed by atoms with van der Waals surface area (Å²) in [7, 11) is -3.97. The van der Waals surface area contributed by atoms with Crippen LogP contribution in [0.5, 0.6) is 0 Å². The number of sulfonamides is 1. The zero-order valence-corrected chi connectivity index (χ0v) is 24.5. The van der Waals surface area contributed by atoms with Gasteiger partial charge in [-0.25, -0.2) is 22.7 Å². The molecule has 0 saturated heterocycles. The third kappa shape index (κ3) is 7.07. The number of ether oxygens (including phenoxy) is 1. The Morgan fingerprint density at radius 2 is 1.41 bits per heavy atom. The van der Waals surface area contributed by atoms with E-state index in [2.05, 4.69) is 15.0 Å². The van der Waals surface area contributed by atoms with Gasteiger partial charge in [-0.3, -0.25) is 4.99 Å². The Labute approximate surface area is 255 Å². The maximum Gasteiger partial charge on any atom is 0.407 e. The zero-order valence-electron chi connectivity index (χ0n) is 23.7. The number of hydrogen-bond acceptors (Lipinski definition) is 6. The summed E-state index contributed by atoms with van der Waals surface area (Å²) < 4.78 is 33.1. The van der Waals surface area contributed by atoms with Gasteiger partial charge in [-0.1, -0.05) is 91.0 Å². The van der Waals surface area contributed by atoms with Gasteiger partial charge in [0.1, 0.15) is 12.6 Å². The van der Waals surface area contributed by atoms with Crippen LogP contribution < -0.4 is 15.8 Å². The van der Waals surface area contributed by atoms with Gasteiger partial charge in [-0.05, 0) is 58.4 Å². The predicted molar refractivity (Wildman–Crippen MR) is 168 cm³/mol. The van der Waals surface area contributed by atoms with Gasteiger partial charge in [0.2, 0.25) is 5.96 Å². The molecule has 1 aliphatic carbocycles. The highest BCUT2D eigenvalue weighted by molar-refractivity contribution is 7.90. The molecule has 4 aromatic rings. The Hall–Kier alpha value is -5.16. The minimum absolute atomic E-state index is 0.0218. The summed E-state index contributed by atoms with van der Waals surface area (Å²) in [4.78, 5) is 28.4. The van der Waals surface area contributed by atoms with Crippen LogP contribution in [0.3, 0.4) is 0 Å². The number of aliphatic carboxylic acids is 1. The Balaban J connectivity index is 1.10. The molecule has 5 rings (SSSR count). The van der Waals surface area contributed by atoms with E-state index in [1.165, 1.54) is 12.1 Å². The van der Waals surface area contributed by atoms with Gasteiger partial charge in [0.25, 0.3) is 10.0 Å². The lowest BCUT2D eigenvalue weighted by molar-refractivity contribution is -0.139. The quantitative estimate of drug-likeness (QED) is 0.108. The highest BCUT2D eigenvalue weighted by Crippen LogP contribution is 2.44. The molecule has 0 aliphatic heterocycles. The molecule has 10 nitrogen and oxygen atoms in total. The van der Waals surface area contributed by atoms with Gasteiger partial charge in [-0.2, -0.15) is 0 Å². The second-order valence-electron chi connectivity index (χ2n) is 10.3. The summed E-state index contributed by atoms with van der Waals surface area (Å²) in [5.74, 6) is -1.71. The highest BCUT2D eigenvalue weighted by Gasteiger charge is 2.29. The molecule has 0 aromatic heterocycles. The number of fused-ring (bicyclic) bond motifs is 3. The molecule has 1 aliphatic rings. The number of nitrogens with one attached hydrogen (secondary N) is 2. The summed E-state index contributed by atoms with van der Waals surface area (Å²) in [5, 5.41) is 12.0. The molecule has 226 valence electrons. The Morgan fingerprint density at radius 3 is 2.02 bits per heavy atom. The molecule has 0 spiro atoms. The van der Waals surface area contributed by atoms with E-state index >= 15 is 0 Å². The molecule has 1 atom stereocenters. The van der Waals surface area contributed by atoms with E-state index in [9.17, 15) is 23.1 Å². The van der Waals surface area contributed by atoms with Crippen LogP contribution in [0.25, 0.3) is 22.3 Å². The monoisotopic (exact) mass is 612 g/mol. The zero-order chi connectivity index (χ0) is 31.1. The Morgan fingerprint density at radius 1 is 0.841 bits per heavy atom. The number of carboxylic acid groups (broad SMARTS) is 1. The van der Waals surface area contributed by atoms with Gasteiger partial charge in [0.15, 0.2) is 0 Å². The lowest BCUT2D eigenvalue weighted by Crippen LogP contribution is -2.41. The molecule has 0 saturated carbocycles. The molecule has 0 fully saturated rings. The smallest absolute Gasteiger partial charge is 0.407 e. The van der Waals surface area contributed by atoms with Crippen LogP contribution >= 0.6 is 0 Å². The second-order valence-corrected chi connectivity index (χ2v) is 11.9. The van der Waals surface area contributed by atoms with Crippen molar-refractivity contribution >= 4 is 28.0 Å². The van der Waals surface area contributed by atoms with E-state index in [0.29, 0.717) is 0 Å². The summed E-state index contributed by atoms with van der Waals surface area (Å²) in [6.45, 7) is 0.0968. The van der Waals surface area contributed by atoms with Crippen molar-refractivity contribution in [3.63, 3.8) is 0 Å². The van der Waals surface area contributed by atoms with E-state index in [0.717, 1.165) is 33.4 Å². The molecular weight excluding hydrogens is 580 g/mol. The first-order chi connectivity index (χ1) is 21.2. The fourth-order valence-electron chi connectivity index (χ4n) is 5.22. The van der Waals surface area contributed by atoms with Gasteiger partial charge in [0.05, 0.1) is 4.90 Å². The molecular formula is C33H32N4O6S. The molecule has 0 heterocycles. The number of amides is 1. The van der Waals surface area contributed by atoms with E-state index in [1.807, 2.05) is 78.9 Å². The number of nitrogens with two attached hydrogens (primary N) is 1. The molecule has 0 radical (unpaired) electrons. The SMILES string of the molecule is NC(=NCCC[C@H](NC(=O)OCC1c2ccccc2-c2ccccc21)C(=O)O)NS(=O)(=O)c1ccc(-c2ccccc2)cc1. The Bertz CT molecular complexity index is 1730. The number of hydrogen-bond donors (Lipinski definition) is 4. The van der Waals surface area contributed by atoms with Crippen molar-refractivity contribution in [3.05, 3.63) is 114 Å². The number of carboxylic acids is 1. The molecule has 44 heavy (non-hydrogen) atoms. The number of nitrogens with zero attached hydrogens (tertiary/aromatic N) is 1. The number of carbonyl (C=O) groups is 2. The van der Waals surface area contributed by atoms with Crippen LogP contribution in [-0.4, -0.2) is 50.7 Å². The molecule has 0 bridgehead atoms. The number of rotatable bonds is 11. The van der Waals surface area contributed by atoms with Crippen LogP contribution in [0.4, 0.5) is 4.79 Å². The van der Waals surface area contributed by atoms with Crippen LogP contribution in [0.1, 0.15) is 29.9 Å². The molecule has 11 heteroatoms. The maximum atomic E-state index is 12.7. The number of benzene rings is 4.